The van der Waals surface area contributed by atoms with E-state index in [1.54, 1.807) is 35.0 Å². The fourth-order valence-corrected chi connectivity index (χ4v) is 8.53. The Morgan fingerprint density at radius 3 is 2.27 bits per heavy atom. The van der Waals surface area contributed by atoms with Gasteiger partial charge in [-0.3, -0.25) is 10.2 Å². The molecular formula is C34H32Cl2F3N5O3S2. The maximum absolute atomic E-state index is 13.9. The summed E-state index contributed by atoms with van der Waals surface area (Å²) in [5, 5.41) is 2.60. The number of aromatic nitrogens is 1. The van der Waals surface area contributed by atoms with Gasteiger partial charge in [0.05, 0.1) is 37.3 Å². The molecule has 49 heavy (non-hydrogen) atoms. The molecule has 0 aliphatic carbocycles. The van der Waals surface area contributed by atoms with E-state index in [9.17, 15) is 26.4 Å². The Morgan fingerprint density at radius 2 is 1.59 bits per heavy atom. The molecule has 2 aromatic heterocycles. The molecule has 2 aromatic carbocycles. The maximum Gasteiger partial charge on any atom is 0.416 e. The zero-order valence-electron chi connectivity index (χ0n) is 26.1. The average molecular weight is 751 g/mol. The Bertz CT molecular complexity index is 2010. The fraction of sp³-hybridized carbons (Fsp3) is 0.324. The highest BCUT2D eigenvalue weighted by atomic mass is 35.5. The Kier molecular flexibility index (Phi) is 10.8. The summed E-state index contributed by atoms with van der Waals surface area (Å²) in [6.45, 7) is 2.05. The fourth-order valence-electron chi connectivity index (χ4n) is 5.85. The summed E-state index contributed by atoms with van der Waals surface area (Å²) in [5.74, 6) is 5.54. The number of benzene rings is 2. The zero-order chi connectivity index (χ0) is 34.8. The van der Waals surface area contributed by atoms with Crippen molar-refractivity contribution < 1.29 is 26.4 Å². The van der Waals surface area contributed by atoms with Gasteiger partial charge in [0.1, 0.15) is 0 Å². The number of carbonyl (C=O) groups excluding carboxylic acids is 1. The van der Waals surface area contributed by atoms with E-state index in [-0.39, 0.29) is 18.0 Å². The second-order valence-corrected chi connectivity index (χ2v) is 15.4. The number of hydrogen-bond donors (Lipinski definition) is 2. The van der Waals surface area contributed by atoms with Gasteiger partial charge in [-0.05, 0) is 80.3 Å². The predicted molar refractivity (Wildman–Crippen MR) is 186 cm³/mol. The lowest BCUT2D eigenvalue weighted by Gasteiger charge is -2.26. The Labute approximate surface area is 297 Å². The van der Waals surface area contributed by atoms with Crippen LogP contribution >= 0.6 is 34.5 Å². The lowest BCUT2D eigenvalue weighted by atomic mass is 10.1. The van der Waals surface area contributed by atoms with Gasteiger partial charge in [0.25, 0.3) is 16.1 Å². The lowest BCUT2D eigenvalue weighted by Crippen LogP contribution is -2.45. The molecule has 0 spiro atoms. The molecule has 4 heterocycles. The van der Waals surface area contributed by atoms with Gasteiger partial charge in [0.15, 0.2) is 0 Å². The summed E-state index contributed by atoms with van der Waals surface area (Å²) in [7, 11) is -3.84. The standard InChI is InChI=1S/C34H32Cl2F3N5O3S2/c35-25-11-14-30(29(36)20-25)44-22-28(33(45)41-42-16-2-1-3-17-42)27(21-40-49(46,47)43-18-4-5-19-43)32(44)31-15-13-26(48-31)12-8-23-6-9-24(10-7-23)34(37,38)39/h6-7,9-11,13-15,20,22,40H,1-5,16-19,21H2,(H,41,45). The molecule has 0 saturated carbocycles. The molecule has 2 saturated heterocycles. The number of piperidine rings is 1. The number of alkyl halides is 3. The second-order valence-electron chi connectivity index (χ2n) is 11.7. The first kappa shape index (κ1) is 35.5. The lowest BCUT2D eigenvalue weighted by molar-refractivity contribution is -0.137. The van der Waals surface area contributed by atoms with Crippen LogP contribution in [0.15, 0.2) is 60.8 Å². The van der Waals surface area contributed by atoms with E-state index >= 15 is 0 Å². The van der Waals surface area contributed by atoms with E-state index in [4.69, 9.17) is 23.2 Å². The number of thiophene rings is 1. The van der Waals surface area contributed by atoms with E-state index in [1.165, 1.54) is 27.8 Å². The Hall–Kier alpha value is -3.35. The van der Waals surface area contributed by atoms with Crippen molar-refractivity contribution in [3.05, 3.63) is 98.0 Å². The smallest absolute Gasteiger partial charge is 0.313 e. The van der Waals surface area contributed by atoms with Crippen LogP contribution in [0.4, 0.5) is 13.2 Å². The first-order chi connectivity index (χ1) is 23.4. The quantitative estimate of drug-likeness (QED) is 0.183. The van der Waals surface area contributed by atoms with Crippen molar-refractivity contribution >= 4 is 50.7 Å². The van der Waals surface area contributed by atoms with Crippen molar-refractivity contribution in [1.82, 2.24) is 24.0 Å². The summed E-state index contributed by atoms with van der Waals surface area (Å²) in [6, 6.07) is 13.2. The number of hydrazine groups is 1. The zero-order valence-corrected chi connectivity index (χ0v) is 29.3. The van der Waals surface area contributed by atoms with Gasteiger partial charge in [-0.1, -0.05) is 41.5 Å². The highest BCUT2D eigenvalue weighted by molar-refractivity contribution is 7.87. The van der Waals surface area contributed by atoms with Gasteiger partial charge in [-0.15, -0.1) is 11.3 Å². The van der Waals surface area contributed by atoms with Crippen LogP contribution in [0.1, 0.15) is 64.0 Å². The maximum atomic E-state index is 13.9. The van der Waals surface area contributed by atoms with Crippen molar-refractivity contribution in [2.75, 3.05) is 26.2 Å². The van der Waals surface area contributed by atoms with Crippen molar-refractivity contribution in [2.24, 2.45) is 0 Å². The predicted octanol–water partition coefficient (Wildman–Crippen LogP) is 7.49. The van der Waals surface area contributed by atoms with Gasteiger partial charge in [0.2, 0.25) is 0 Å². The van der Waals surface area contributed by atoms with Gasteiger partial charge in [-0.2, -0.15) is 30.6 Å². The molecular weight excluding hydrogens is 718 g/mol. The molecule has 2 aliphatic rings. The van der Waals surface area contributed by atoms with Gasteiger partial charge in [0, 0.05) is 55.1 Å². The molecule has 4 aromatic rings. The summed E-state index contributed by atoms with van der Waals surface area (Å²) in [5.41, 5.74) is 4.41. The molecule has 15 heteroatoms. The van der Waals surface area contributed by atoms with E-state index in [0.717, 1.165) is 44.2 Å². The van der Waals surface area contributed by atoms with Crippen LogP contribution < -0.4 is 10.1 Å². The number of hydrogen-bond acceptors (Lipinski definition) is 5. The second kappa shape index (κ2) is 14.9. The topological polar surface area (TPSA) is 86.7 Å². The van der Waals surface area contributed by atoms with Gasteiger partial charge in [-0.25, -0.2) is 5.01 Å². The van der Waals surface area contributed by atoms with Crippen LogP contribution in [0, 0.1) is 11.8 Å². The molecule has 0 bridgehead atoms. The molecule has 2 fully saturated rings. The summed E-state index contributed by atoms with van der Waals surface area (Å²) >= 11 is 14.2. The average Bonchev–Trinajstić information content (AvgIpc) is 3.84. The highest BCUT2D eigenvalue weighted by Gasteiger charge is 2.31. The minimum atomic E-state index is -4.44. The number of carbonyl (C=O) groups is 1. The molecule has 1 amide bonds. The third kappa shape index (κ3) is 8.35. The summed E-state index contributed by atoms with van der Waals surface area (Å²) in [6.07, 6.45) is 1.71. The molecule has 6 rings (SSSR count). The molecule has 0 radical (unpaired) electrons. The monoisotopic (exact) mass is 749 g/mol. The van der Waals surface area contributed by atoms with Crippen LogP contribution in [0.2, 0.25) is 10.0 Å². The van der Waals surface area contributed by atoms with E-state index in [0.29, 0.717) is 68.5 Å². The summed E-state index contributed by atoms with van der Waals surface area (Å²) < 4.78 is 71.5. The van der Waals surface area contributed by atoms with Crippen LogP contribution in [0.5, 0.6) is 0 Å². The first-order valence-electron chi connectivity index (χ1n) is 15.7. The van der Waals surface area contributed by atoms with Gasteiger partial charge >= 0.3 is 6.18 Å². The van der Waals surface area contributed by atoms with Crippen molar-refractivity contribution in [2.45, 2.75) is 44.8 Å². The SMILES string of the molecule is O=C(NN1CCCCC1)c1cn(-c2ccc(Cl)cc2Cl)c(-c2ccc(C#Cc3ccc(C(F)(F)F)cc3)s2)c1CNS(=O)(=O)N1CCCC1. The Morgan fingerprint density at radius 1 is 0.898 bits per heavy atom. The van der Waals surface area contributed by atoms with Crippen LogP contribution in [-0.2, 0) is 22.9 Å². The molecule has 8 nitrogen and oxygen atoms in total. The van der Waals surface area contributed by atoms with E-state index in [2.05, 4.69) is 22.0 Å². The third-order valence-corrected chi connectivity index (χ3v) is 11.5. The van der Waals surface area contributed by atoms with E-state index in [1.807, 2.05) is 11.1 Å². The molecule has 2 aliphatic heterocycles. The number of nitrogens with one attached hydrogen (secondary N) is 2. The molecule has 258 valence electrons. The normalized spacial score (nSPS) is 16.0. The molecule has 0 atom stereocenters. The van der Waals surface area contributed by atoms with Crippen LogP contribution in [0.3, 0.4) is 0 Å². The number of nitrogens with zero attached hydrogens (tertiary/aromatic N) is 3. The van der Waals surface area contributed by atoms with Crippen LogP contribution in [-0.4, -0.2) is 54.4 Å². The van der Waals surface area contributed by atoms with Crippen molar-refractivity contribution in [1.29, 1.82) is 0 Å². The van der Waals surface area contributed by atoms with Crippen LogP contribution in [0.25, 0.3) is 16.3 Å². The van der Waals surface area contributed by atoms with Crippen molar-refractivity contribution in [3.8, 4) is 28.1 Å². The number of amides is 1. The minimum absolute atomic E-state index is 0.181. The Balaban J connectivity index is 1.43. The molecule has 2 N–H and O–H groups in total. The highest BCUT2D eigenvalue weighted by Crippen LogP contribution is 2.38. The number of rotatable bonds is 8. The molecule has 0 unspecified atom stereocenters. The first-order valence-corrected chi connectivity index (χ1v) is 18.7. The minimum Gasteiger partial charge on any atom is -0.313 e. The number of halogens is 5. The van der Waals surface area contributed by atoms with Gasteiger partial charge < -0.3 is 4.57 Å². The van der Waals surface area contributed by atoms with E-state index < -0.39 is 21.9 Å². The summed E-state index contributed by atoms with van der Waals surface area (Å²) in [4.78, 5) is 15.2. The largest absolute Gasteiger partial charge is 0.416 e. The van der Waals surface area contributed by atoms with Crippen molar-refractivity contribution in [3.63, 3.8) is 0 Å². The third-order valence-electron chi connectivity index (χ3n) is 8.36.